The highest BCUT2D eigenvalue weighted by atomic mass is 32.2. The summed E-state index contributed by atoms with van der Waals surface area (Å²) in [6.45, 7) is 5.67. The van der Waals surface area contributed by atoms with Gasteiger partial charge in [0.25, 0.3) is 0 Å². The molecule has 5 nitrogen and oxygen atoms in total. The fourth-order valence-electron chi connectivity index (χ4n) is 1.71. The number of hydrogen-bond donors (Lipinski definition) is 2. The third-order valence-corrected chi connectivity index (χ3v) is 5.25. The number of nitrogens with two attached hydrogens (primary N) is 1. The van der Waals surface area contributed by atoms with Crippen molar-refractivity contribution in [3.8, 4) is 0 Å². The molecule has 0 saturated heterocycles. The average Bonchev–Trinajstić information content (AvgIpc) is 2.39. The Morgan fingerprint density at radius 1 is 1.33 bits per heavy atom. The van der Waals surface area contributed by atoms with Crippen molar-refractivity contribution in [3.05, 3.63) is 24.0 Å². The van der Waals surface area contributed by atoms with E-state index in [1.165, 1.54) is 13.0 Å². The fraction of sp³-hybridized carbons (Fsp3) is 0.500. The molecule has 0 aliphatic rings. The van der Waals surface area contributed by atoms with Crippen LogP contribution in [0.1, 0.15) is 27.2 Å². The molecule has 1 amide bonds. The van der Waals surface area contributed by atoms with E-state index in [4.69, 9.17) is 5.73 Å². The van der Waals surface area contributed by atoms with Crippen molar-refractivity contribution < 1.29 is 17.6 Å². The molecule has 1 atom stereocenters. The van der Waals surface area contributed by atoms with Gasteiger partial charge in [0.15, 0.2) is 9.84 Å². The number of nitrogen functional groups attached to an aromatic ring is 1. The minimum Gasteiger partial charge on any atom is -0.398 e. The normalized spacial score (nSPS) is 13.2. The summed E-state index contributed by atoms with van der Waals surface area (Å²) >= 11 is 0. The van der Waals surface area contributed by atoms with Crippen LogP contribution in [0.5, 0.6) is 0 Å². The summed E-state index contributed by atoms with van der Waals surface area (Å²) in [5, 5.41) is 1.25. The van der Waals surface area contributed by atoms with Crippen molar-refractivity contribution in [2.24, 2.45) is 5.92 Å². The second-order valence-corrected chi connectivity index (χ2v) is 7.58. The van der Waals surface area contributed by atoms with Gasteiger partial charge in [-0.1, -0.05) is 13.8 Å². The number of sulfone groups is 1. The molecule has 0 heterocycles. The first-order chi connectivity index (χ1) is 9.66. The Labute approximate surface area is 124 Å². The van der Waals surface area contributed by atoms with Crippen LogP contribution in [0, 0.1) is 11.7 Å². The van der Waals surface area contributed by atoms with Crippen molar-refractivity contribution in [3.63, 3.8) is 0 Å². The Morgan fingerprint density at radius 3 is 2.52 bits per heavy atom. The summed E-state index contributed by atoms with van der Waals surface area (Å²) in [5.41, 5.74) is 5.50. The van der Waals surface area contributed by atoms with Crippen LogP contribution >= 0.6 is 0 Å². The van der Waals surface area contributed by atoms with Gasteiger partial charge < -0.3 is 11.1 Å². The Bertz CT molecular complexity index is 615. The molecule has 0 spiro atoms. The summed E-state index contributed by atoms with van der Waals surface area (Å²) in [6, 6.07) is 3.08. The van der Waals surface area contributed by atoms with Crippen LogP contribution in [0.2, 0.25) is 0 Å². The summed E-state index contributed by atoms with van der Waals surface area (Å²) in [4.78, 5) is 11.6. The predicted octanol–water partition coefficient (Wildman–Crippen LogP) is 1.73. The first kappa shape index (κ1) is 17.4. The molecule has 1 aromatic carbocycles. The van der Waals surface area contributed by atoms with E-state index in [-0.39, 0.29) is 10.6 Å². The lowest BCUT2D eigenvalue weighted by atomic mass is 10.1. The summed E-state index contributed by atoms with van der Waals surface area (Å²) in [5.74, 6) is -0.925. The maximum atomic E-state index is 13.2. The molecule has 118 valence electrons. The molecule has 1 rings (SSSR count). The van der Waals surface area contributed by atoms with Crippen LogP contribution in [-0.4, -0.2) is 26.1 Å². The quantitative estimate of drug-likeness (QED) is 0.782. The predicted molar refractivity (Wildman–Crippen MR) is 79.9 cm³/mol. The van der Waals surface area contributed by atoms with Gasteiger partial charge in [0, 0.05) is 6.54 Å². The molecular formula is C14H21FN2O3S. The van der Waals surface area contributed by atoms with Crippen LogP contribution < -0.4 is 11.1 Å². The van der Waals surface area contributed by atoms with E-state index in [9.17, 15) is 17.6 Å². The fourth-order valence-corrected chi connectivity index (χ4v) is 3.13. The third kappa shape index (κ3) is 4.42. The van der Waals surface area contributed by atoms with Gasteiger partial charge in [-0.15, -0.1) is 0 Å². The summed E-state index contributed by atoms with van der Waals surface area (Å²) in [6.07, 6.45) is 0.751. The van der Waals surface area contributed by atoms with Gasteiger partial charge in [-0.2, -0.15) is 0 Å². The molecule has 0 aliphatic heterocycles. The summed E-state index contributed by atoms with van der Waals surface area (Å²) < 4.78 is 37.9. The number of carbonyl (C=O) groups excluding carboxylic acids is 1. The number of nitrogens with one attached hydrogen (secondary N) is 1. The van der Waals surface area contributed by atoms with Crippen molar-refractivity contribution >= 4 is 21.4 Å². The molecule has 0 aliphatic carbocycles. The molecule has 0 saturated carbocycles. The van der Waals surface area contributed by atoms with Gasteiger partial charge >= 0.3 is 0 Å². The van der Waals surface area contributed by atoms with Gasteiger partial charge in [0.2, 0.25) is 5.91 Å². The number of halogens is 1. The highest BCUT2D eigenvalue weighted by Gasteiger charge is 2.31. The lowest BCUT2D eigenvalue weighted by Gasteiger charge is -2.15. The molecule has 1 unspecified atom stereocenters. The van der Waals surface area contributed by atoms with Crippen LogP contribution in [0.3, 0.4) is 0 Å². The van der Waals surface area contributed by atoms with E-state index in [0.717, 1.165) is 18.6 Å². The molecule has 0 aromatic heterocycles. The zero-order chi connectivity index (χ0) is 16.2. The van der Waals surface area contributed by atoms with E-state index in [2.05, 4.69) is 5.32 Å². The highest BCUT2D eigenvalue weighted by molar-refractivity contribution is 7.93. The van der Waals surface area contributed by atoms with Gasteiger partial charge in [-0.25, -0.2) is 12.8 Å². The van der Waals surface area contributed by atoms with E-state index in [1.54, 1.807) is 0 Å². The van der Waals surface area contributed by atoms with Crippen LogP contribution in [0.4, 0.5) is 10.1 Å². The smallest absolute Gasteiger partial charge is 0.238 e. The Balaban J connectivity index is 2.91. The number of rotatable bonds is 6. The zero-order valence-electron chi connectivity index (χ0n) is 12.4. The Kier molecular flexibility index (Phi) is 5.71. The van der Waals surface area contributed by atoms with Crippen molar-refractivity contribution in [2.75, 3.05) is 12.3 Å². The van der Waals surface area contributed by atoms with Gasteiger partial charge in [0.05, 0.1) is 10.6 Å². The molecular weight excluding hydrogens is 295 g/mol. The van der Waals surface area contributed by atoms with E-state index in [0.29, 0.717) is 12.5 Å². The lowest BCUT2D eigenvalue weighted by molar-refractivity contribution is -0.120. The maximum Gasteiger partial charge on any atom is 0.238 e. The molecule has 0 radical (unpaired) electrons. The lowest BCUT2D eigenvalue weighted by Crippen LogP contribution is -2.38. The Morgan fingerprint density at radius 2 is 1.95 bits per heavy atom. The van der Waals surface area contributed by atoms with Gasteiger partial charge in [-0.05, 0) is 37.5 Å². The van der Waals surface area contributed by atoms with Gasteiger partial charge in [0.1, 0.15) is 11.1 Å². The number of benzene rings is 1. The van der Waals surface area contributed by atoms with Crippen molar-refractivity contribution in [1.29, 1.82) is 0 Å². The highest BCUT2D eigenvalue weighted by Crippen LogP contribution is 2.23. The van der Waals surface area contributed by atoms with Crippen LogP contribution in [0.15, 0.2) is 23.1 Å². The standard InChI is InChI=1S/C14H21FN2O3S/c1-9(2)6-7-17-14(18)10(3)21(19,20)13-8-11(15)4-5-12(13)16/h4-5,8-10H,6-7,16H2,1-3H3,(H,17,18). The third-order valence-electron chi connectivity index (χ3n) is 3.14. The minimum absolute atomic E-state index is 0.0711. The molecule has 0 fully saturated rings. The number of amides is 1. The SMILES string of the molecule is CC(C)CCNC(=O)C(C)S(=O)(=O)c1cc(F)ccc1N. The molecule has 7 heteroatoms. The first-order valence-electron chi connectivity index (χ1n) is 6.73. The second-order valence-electron chi connectivity index (χ2n) is 5.34. The largest absolute Gasteiger partial charge is 0.398 e. The number of carbonyl (C=O) groups is 1. The Hall–Kier alpha value is -1.63. The van der Waals surface area contributed by atoms with Crippen molar-refractivity contribution in [1.82, 2.24) is 5.32 Å². The monoisotopic (exact) mass is 316 g/mol. The van der Waals surface area contributed by atoms with Crippen LogP contribution in [-0.2, 0) is 14.6 Å². The van der Waals surface area contributed by atoms with E-state index < -0.39 is 26.8 Å². The van der Waals surface area contributed by atoms with Crippen LogP contribution in [0.25, 0.3) is 0 Å². The molecule has 1 aromatic rings. The topological polar surface area (TPSA) is 89.3 Å². The zero-order valence-corrected chi connectivity index (χ0v) is 13.2. The van der Waals surface area contributed by atoms with Gasteiger partial charge in [-0.3, -0.25) is 4.79 Å². The average molecular weight is 316 g/mol. The number of hydrogen-bond acceptors (Lipinski definition) is 4. The maximum absolute atomic E-state index is 13.2. The molecule has 0 bridgehead atoms. The first-order valence-corrected chi connectivity index (χ1v) is 8.27. The number of anilines is 1. The minimum atomic E-state index is -4.02. The van der Waals surface area contributed by atoms with E-state index >= 15 is 0 Å². The summed E-state index contributed by atoms with van der Waals surface area (Å²) in [7, 11) is -4.02. The molecule has 21 heavy (non-hydrogen) atoms. The molecule has 3 N–H and O–H groups in total. The second kappa shape index (κ2) is 6.89. The van der Waals surface area contributed by atoms with Crippen molar-refractivity contribution in [2.45, 2.75) is 37.3 Å². The van der Waals surface area contributed by atoms with E-state index in [1.807, 2.05) is 13.8 Å².